The third-order valence-corrected chi connectivity index (χ3v) is 5.26. The minimum atomic E-state index is 0.0105. The van der Waals surface area contributed by atoms with E-state index in [1.165, 1.54) is 10.5 Å². The Balaban J connectivity index is 1.33. The molecule has 0 bridgehead atoms. The molecule has 1 saturated heterocycles. The number of hydrogen-bond donors (Lipinski definition) is 0. The molecule has 0 aromatic heterocycles. The SMILES string of the molecule is C[C@]1(CSc2ccccc2)O[C@H]1CCOCc1ccccc1. The van der Waals surface area contributed by atoms with Gasteiger partial charge in [-0.2, -0.15) is 0 Å². The second-order valence-electron chi connectivity index (χ2n) is 5.85. The maximum absolute atomic E-state index is 5.88. The highest BCUT2D eigenvalue weighted by Crippen LogP contribution is 2.42. The van der Waals surface area contributed by atoms with Crippen molar-refractivity contribution in [3.63, 3.8) is 0 Å². The number of hydrogen-bond acceptors (Lipinski definition) is 3. The monoisotopic (exact) mass is 314 g/mol. The highest BCUT2D eigenvalue weighted by Gasteiger charge is 2.51. The van der Waals surface area contributed by atoms with Gasteiger partial charge in [0.05, 0.1) is 12.7 Å². The van der Waals surface area contributed by atoms with E-state index in [9.17, 15) is 0 Å². The fourth-order valence-electron chi connectivity index (χ4n) is 2.48. The van der Waals surface area contributed by atoms with Crippen LogP contribution >= 0.6 is 11.8 Å². The predicted octanol–water partition coefficient (Wildman–Crippen LogP) is 4.54. The van der Waals surface area contributed by atoms with Gasteiger partial charge in [-0.15, -0.1) is 11.8 Å². The molecule has 2 aromatic rings. The van der Waals surface area contributed by atoms with Crippen molar-refractivity contribution in [1.82, 2.24) is 0 Å². The van der Waals surface area contributed by atoms with Crippen LogP contribution in [0.4, 0.5) is 0 Å². The summed E-state index contributed by atoms with van der Waals surface area (Å²) < 4.78 is 11.6. The lowest BCUT2D eigenvalue weighted by Gasteiger charge is -2.07. The second-order valence-corrected chi connectivity index (χ2v) is 6.90. The van der Waals surface area contributed by atoms with Gasteiger partial charge in [0, 0.05) is 17.3 Å². The number of rotatable bonds is 8. The summed E-state index contributed by atoms with van der Waals surface area (Å²) in [7, 11) is 0. The average Bonchev–Trinajstić information content (AvgIpc) is 3.22. The third kappa shape index (κ3) is 4.35. The van der Waals surface area contributed by atoms with Gasteiger partial charge in [0.15, 0.2) is 0 Å². The first-order chi connectivity index (χ1) is 10.8. The molecule has 0 spiro atoms. The second kappa shape index (κ2) is 7.32. The molecule has 1 heterocycles. The highest BCUT2D eigenvalue weighted by atomic mass is 32.2. The summed E-state index contributed by atoms with van der Waals surface area (Å²) in [6.45, 7) is 3.64. The molecule has 1 fully saturated rings. The van der Waals surface area contributed by atoms with E-state index in [-0.39, 0.29) is 5.60 Å². The molecule has 3 heteroatoms. The van der Waals surface area contributed by atoms with Crippen molar-refractivity contribution in [2.24, 2.45) is 0 Å². The van der Waals surface area contributed by atoms with Crippen LogP contribution in [-0.2, 0) is 16.1 Å². The zero-order valence-corrected chi connectivity index (χ0v) is 13.7. The van der Waals surface area contributed by atoms with Crippen LogP contribution in [0.5, 0.6) is 0 Å². The Labute approximate surface area is 136 Å². The Bertz CT molecular complexity index is 573. The highest BCUT2D eigenvalue weighted by molar-refractivity contribution is 7.99. The average molecular weight is 314 g/mol. The van der Waals surface area contributed by atoms with E-state index >= 15 is 0 Å². The molecule has 22 heavy (non-hydrogen) atoms. The van der Waals surface area contributed by atoms with Crippen molar-refractivity contribution in [3.8, 4) is 0 Å². The predicted molar refractivity (Wildman–Crippen MR) is 91.2 cm³/mol. The topological polar surface area (TPSA) is 21.8 Å². The van der Waals surface area contributed by atoms with Gasteiger partial charge < -0.3 is 9.47 Å². The number of epoxide rings is 1. The van der Waals surface area contributed by atoms with Crippen LogP contribution in [0.1, 0.15) is 18.9 Å². The maximum Gasteiger partial charge on any atom is 0.101 e. The lowest BCUT2D eigenvalue weighted by Crippen LogP contribution is -2.14. The standard InChI is InChI=1S/C19H22O2S/c1-19(15-22-17-10-6-3-7-11-17)18(21-19)12-13-20-14-16-8-4-2-5-9-16/h2-11,18H,12-15H2,1H3/t18-,19+/m0/s1. The Hall–Kier alpha value is -1.29. The van der Waals surface area contributed by atoms with Gasteiger partial charge in [-0.1, -0.05) is 48.5 Å². The molecule has 0 aliphatic carbocycles. The maximum atomic E-state index is 5.88. The lowest BCUT2D eigenvalue weighted by molar-refractivity contribution is 0.113. The molecule has 0 amide bonds. The van der Waals surface area contributed by atoms with Crippen LogP contribution in [0.15, 0.2) is 65.6 Å². The van der Waals surface area contributed by atoms with Crippen molar-refractivity contribution >= 4 is 11.8 Å². The number of ether oxygens (including phenoxy) is 2. The van der Waals surface area contributed by atoms with E-state index in [4.69, 9.17) is 9.47 Å². The summed E-state index contributed by atoms with van der Waals surface area (Å²) in [5.74, 6) is 1.00. The van der Waals surface area contributed by atoms with Crippen LogP contribution < -0.4 is 0 Å². The van der Waals surface area contributed by atoms with E-state index in [1.54, 1.807) is 0 Å². The van der Waals surface area contributed by atoms with Gasteiger partial charge in [-0.05, 0) is 31.0 Å². The number of benzene rings is 2. The molecular formula is C19H22O2S. The van der Waals surface area contributed by atoms with E-state index in [0.29, 0.717) is 12.7 Å². The molecule has 116 valence electrons. The zero-order chi connectivity index (χ0) is 15.3. The van der Waals surface area contributed by atoms with E-state index < -0.39 is 0 Å². The summed E-state index contributed by atoms with van der Waals surface area (Å²) in [5, 5.41) is 0. The molecular weight excluding hydrogens is 292 g/mol. The molecule has 2 nitrogen and oxygen atoms in total. The Morgan fingerprint density at radius 1 is 1.05 bits per heavy atom. The van der Waals surface area contributed by atoms with E-state index in [1.807, 2.05) is 36.0 Å². The fourth-order valence-corrected chi connectivity index (χ4v) is 3.54. The normalized spacial score (nSPS) is 23.4. The van der Waals surface area contributed by atoms with Crippen molar-refractivity contribution in [2.45, 2.75) is 36.6 Å². The summed E-state index contributed by atoms with van der Waals surface area (Å²) in [6.07, 6.45) is 1.30. The molecule has 3 rings (SSSR count). The molecule has 0 N–H and O–H groups in total. The Morgan fingerprint density at radius 3 is 2.45 bits per heavy atom. The van der Waals surface area contributed by atoms with Gasteiger partial charge in [0.25, 0.3) is 0 Å². The van der Waals surface area contributed by atoms with Crippen LogP contribution in [-0.4, -0.2) is 24.1 Å². The molecule has 0 radical (unpaired) electrons. The van der Waals surface area contributed by atoms with Crippen molar-refractivity contribution in [2.75, 3.05) is 12.4 Å². The first-order valence-electron chi connectivity index (χ1n) is 7.74. The van der Waals surface area contributed by atoms with Crippen molar-refractivity contribution in [1.29, 1.82) is 0 Å². The summed E-state index contributed by atoms with van der Waals surface area (Å²) in [4.78, 5) is 1.30. The first kappa shape index (κ1) is 15.6. The smallest absolute Gasteiger partial charge is 0.101 e. The van der Waals surface area contributed by atoms with Crippen molar-refractivity contribution in [3.05, 3.63) is 66.2 Å². The Kier molecular flexibility index (Phi) is 5.19. The molecule has 0 unspecified atom stereocenters. The third-order valence-electron chi connectivity index (χ3n) is 3.94. The van der Waals surface area contributed by atoms with Gasteiger partial charge in [-0.25, -0.2) is 0 Å². The van der Waals surface area contributed by atoms with Gasteiger partial charge in [-0.3, -0.25) is 0 Å². The number of thioether (sulfide) groups is 1. The van der Waals surface area contributed by atoms with Crippen molar-refractivity contribution < 1.29 is 9.47 Å². The molecule has 1 aliphatic heterocycles. The summed E-state index contributed by atoms with van der Waals surface area (Å²) in [5.41, 5.74) is 1.23. The van der Waals surface area contributed by atoms with Crippen LogP contribution in [0.25, 0.3) is 0 Å². The zero-order valence-electron chi connectivity index (χ0n) is 12.9. The lowest BCUT2D eigenvalue weighted by atomic mass is 10.1. The fraction of sp³-hybridized carbons (Fsp3) is 0.368. The van der Waals surface area contributed by atoms with Crippen LogP contribution in [0, 0.1) is 0 Å². The minimum absolute atomic E-state index is 0.0105. The van der Waals surface area contributed by atoms with E-state index in [2.05, 4.69) is 43.3 Å². The quantitative estimate of drug-likeness (QED) is 0.405. The molecule has 0 saturated carbocycles. The van der Waals surface area contributed by atoms with Crippen LogP contribution in [0.3, 0.4) is 0 Å². The summed E-state index contributed by atoms with van der Waals surface area (Å²) >= 11 is 1.86. The Morgan fingerprint density at radius 2 is 1.73 bits per heavy atom. The summed E-state index contributed by atoms with van der Waals surface area (Å²) in [6, 6.07) is 20.8. The molecule has 2 aromatic carbocycles. The van der Waals surface area contributed by atoms with Gasteiger partial charge in [0.2, 0.25) is 0 Å². The molecule has 1 aliphatic rings. The largest absolute Gasteiger partial charge is 0.377 e. The van der Waals surface area contributed by atoms with Crippen LogP contribution in [0.2, 0.25) is 0 Å². The van der Waals surface area contributed by atoms with Gasteiger partial charge >= 0.3 is 0 Å². The van der Waals surface area contributed by atoms with Gasteiger partial charge in [0.1, 0.15) is 5.60 Å². The molecule has 2 atom stereocenters. The first-order valence-corrected chi connectivity index (χ1v) is 8.72. The minimum Gasteiger partial charge on any atom is -0.377 e. The van der Waals surface area contributed by atoms with E-state index in [0.717, 1.165) is 18.8 Å².